The highest BCUT2D eigenvalue weighted by Gasteiger charge is 2.33. The van der Waals surface area contributed by atoms with Gasteiger partial charge < -0.3 is 9.80 Å². The Kier molecular flexibility index (Phi) is 7.37. The molecule has 0 saturated carbocycles. The summed E-state index contributed by atoms with van der Waals surface area (Å²) in [5, 5.41) is 9.81. The van der Waals surface area contributed by atoms with E-state index in [-0.39, 0.29) is 5.41 Å². The van der Waals surface area contributed by atoms with E-state index in [1.165, 1.54) is 54.4 Å². The van der Waals surface area contributed by atoms with E-state index in [1.54, 1.807) is 0 Å². The highest BCUT2D eigenvalue weighted by molar-refractivity contribution is 6.26. The Balaban J connectivity index is 1.32. The summed E-state index contributed by atoms with van der Waals surface area (Å²) in [6.07, 6.45) is 14.7. The van der Waals surface area contributed by atoms with Crippen molar-refractivity contribution in [1.29, 1.82) is 0 Å². The van der Waals surface area contributed by atoms with Crippen LogP contribution in [0.3, 0.4) is 0 Å². The highest BCUT2D eigenvalue weighted by atomic mass is 15.2. The molecule has 0 amide bonds. The first-order valence-electron chi connectivity index (χ1n) is 18.5. The van der Waals surface area contributed by atoms with E-state index in [2.05, 4.69) is 217 Å². The number of benzene rings is 8. The number of hydrogen-bond donors (Lipinski definition) is 0. The van der Waals surface area contributed by atoms with Gasteiger partial charge in [-0.15, -0.1) is 0 Å². The van der Waals surface area contributed by atoms with Gasteiger partial charge in [-0.25, -0.2) is 0 Å². The standard InChI is InChI=1S/C51H38N2/c1-51-32-15-14-29-45(51)47(31-17-33-51)53(39-22-6-3-7-23-39)49-35-37-34-48(41-25-10-12-27-43(41)50(37)44-28-13-11-26-42(44)49)52(38-20-4-2-5-21-38)46-30-16-19-36-18-8-9-24-40(36)46/h2-32,34-35H,33H2,1H3. The summed E-state index contributed by atoms with van der Waals surface area (Å²) < 4.78 is 0. The summed E-state index contributed by atoms with van der Waals surface area (Å²) >= 11 is 0. The zero-order valence-corrected chi connectivity index (χ0v) is 29.7. The van der Waals surface area contributed by atoms with E-state index in [1.807, 2.05) is 0 Å². The van der Waals surface area contributed by atoms with Crippen LogP contribution in [-0.2, 0) is 0 Å². The van der Waals surface area contributed by atoms with Gasteiger partial charge in [0, 0.05) is 38.6 Å². The molecule has 2 heteroatoms. The first-order chi connectivity index (χ1) is 26.2. The van der Waals surface area contributed by atoms with Crippen LogP contribution in [0, 0.1) is 5.41 Å². The third kappa shape index (κ3) is 5.10. The Hall–Kier alpha value is -6.64. The Morgan fingerprint density at radius 3 is 1.68 bits per heavy atom. The molecule has 0 bridgehead atoms. The van der Waals surface area contributed by atoms with Gasteiger partial charge in [-0.3, -0.25) is 0 Å². The monoisotopic (exact) mass is 678 g/mol. The van der Waals surface area contributed by atoms with Crippen molar-refractivity contribution in [3.8, 4) is 0 Å². The van der Waals surface area contributed by atoms with Crippen LogP contribution in [0.5, 0.6) is 0 Å². The summed E-state index contributed by atoms with van der Waals surface area (Å²) in [6.45, 7) is 2.36. The fraction of sp³-hybridized carbons (Fsp3) is 0.0588. The number of fused-ring (bicyclic) bond motifs is 7. The summed E-state index contributed by atoms with van der Waals surface area (Å²) in [7, 11) is 0. The van der Waals surface area contributed by atoms with Crippen LogP contribution < -0.4 is 9.80 Å². The van der Waals surface area contributed by atoms with Gasteiger partial charge in [0.1, 0.15) is 0 Å². The molecule has 0 aromatic heterocycles. The lowest BCUT2D eigenvalue weighted by molar-refractivity contribution is 0.520. The van der Waals surface area contributed by atoms with Crippen molar-refractivity contribution < 1.29 is 0 Å². The van der Waals surface area contributed by atoms with Crippen LogP contribution in [0.1, 0.15) is 13.3 Å². The third-order valence-corrected chi connectivity index (χ3v) is 11.1. The number of hydrogen-bond acceptors (Lipinski definition) is 2. The second-order valence-corrected chi connectivity index (χ2v) is 14.4. The first-order valence-corrected chi connectivity index (χ1v) is 18.5. The summed E-state index contributed by atoms with van der Waals surface area (Å²) in [6, 6.07) is 59.7. The Morgan fingerprint density at radius 1 is 0.453 bits per heavy atom. The number of nitrogens with zero attached hydrogens (tertiary/aromatic N) is 2. The largest absolute Gasteiger partial charge is 0.310 e. The van der Waals surface area contributed by atoms with Crippen molar-refractivity contribution in [1.82, 2.24) is 0 Å². The molecule has 10 rings (SSSR count). The molecule has 1 atom stereocenters. The molecular weight excluding hydrogens is 641 g/mol. The van der Waals surface area contributed by atoms with E-state index in [0.29, 0.717) is 0 Å². The minimum absolute atomic E-state index is 0.0729. The van der Waals surface area contributed by atoms with Crippen molar-refractivity contribution in [2.75, 3.05) is 9.80 Å². The van der Waals surface area contributed by atoms with E-state index < -0.39 is 0 Å². The van der Waals surface area contributed by atoms with Crippen molar-refractivity contribution in [2.45, 2.75) is 13.3 Å². The van der Waals surface area contributed by atoms with Gasteiger partial charge in [-0.2, -0.15) is 0 Å². The van der Waals surface area contributed by atoms with Crippen molar-refractivity contribution >= 4 is 71.5 Å². The molecule has 1 unspecified atom stereocenters. The van der Waals surface area contributed by atoms with Crippen LogP contribution in [0.4, 0.5) is 28.4 Å². The third-order valence-electron chi connectivity index (χ3n) is 11.1. The molecular formula is C51H38N2. The normalized spacial score (nSPS) is 16.5. The molecule has 0 heterocycles. The first kappa shape index (κ1) is 31.1. The summed E-state index contributed by atoms with van der Waals surface area (Å²) in [4.78, 5) is 4.94. The zero-order chi connectivity index (χ0) is 35.4. The van der Waals surface area contributed by atoms with Gasteiger partial charge in [0.2, 0.25) is 0 Å². The Morgan fingerprint density at radius 2 is 1.00 bits per heavy atom. The molecule has 2 nitrogen and oxygen atoms in total. The molecule has 0 saturated heterocycles. The number of allylic oxidation sites excluding steroid dienone is 7. The predicted molar refractivity (Wildman–Crippen MR) is 227 cm³/mol. The average Bonchev–Trinajstić information content (AvgIpc) is 3.21. The van der Waals surface area contributed by atoms with Gasteiger partial charge in [0.05, 0.1) is 17.1 Å². The Labute approximate surface area is 310 Å². The molecule has 252 valence electrons. The fourth-order valence-corrected chi connectivity index (χ4v) is 8.64. The minimum Gasteiger partial charge on any atom is -0.310 e. The number of rotatable bonds is 6. The molecule has 0 radical (unpaired) electrons. The summed E-state index contributed by atoms with van der Waals surface area (Å²) in [5.74, 6) is 0. The minimum atomic E-state index is -0.0729. The average molecular weight is 679 g/mol. The van der Waals surface area contributed by atoms with Crippen LogP contribution in [0.15, 0.2) is 212 Å². The number of anilines is 5. The van der Waals surface area contributed by atoms with Crippen LogP contribution >= 0.6 is 0 Å². The maximum absolute atomic E-state index is 2.49. The second kappa shape index (κ2) is 12.5. The molecule has 2 aliphatic carbocycles. The Bertz CT molecular complexity index is 2820. The fourth-order valence-electron chi connectivity index (χ4n) is 8.64. The molecule has 2 aliphatic rings. The lowest BCUT2D eigenvalue weighted by Crippen LogP contribution is -2.27. The zero-order valence-electron chi connectivity index (χ0n) is 29.7. The van der Waals surface area contributed by atoms with Crippen LogP contribution in [0.25, 0.3) is 43.1 Å². The lowest BCUT2D eigenvalue weighted by atomic mass is 9.73. The van der Waals surface area contributed by atoms with E-state index >= 15 is 0 Å². The quantitative estimate of drug-likeness (QED) is 0.162. The lowest BCUT2D eigenvalue weighted by Gasteiger charge is -2.38. The molecule has 8 aromatic rings. The van der Waals surface area contributed by atoms with Crippen LogP contribution in [0.2, 0.25) is 0 Å². The van der Waals surface area contributed by atoms with Crippen molar-refractivity contribution in [3.63, 3.8) is 0 Å². The van der Waals surface area contributed by atoms with Gasteiger partial charge in [0.15, 0.2) is 0 Å². The smallest absolute Gasteiger partial charge is 0.0546 e. The highest BCUT2D eigenvalue weighted by Crippen LogP contribution is 2.50. The van der Waals surface area contributed by atoms with Gasteiger partial charge in [-0.05, 0) is 87.5 Å². The maximum Gasteiger partial charge on any atom is 0.0546 e. The topological polar surface area (TPSA) is 6.48 Å². The van der Waals surface area contributed by atoms with Gasteiger partial charge >= 0.3 is 0 Å². The maximum atomic E-state index is 2.49. The molecule has 0 N–H and O–H groups in total. The van der Waals surface area contributed by atoms with Crippen LogP contribution in [-0.4, -0.2) is 0 Å². The molecule has 8 aromatic carbocycles. The molecule has 0 spiro atoms. The number of para-hydroxylation sites is 2. The van der Waals surface area contributed by atoms with E-state index in [0.717, 1.165) is 34.9 Å². The van der Waals surface area contributed by atoms with Crippen molar-refractivity contribution in [2.24, 2.45) is 5.41 Å². The molecule has 0 aliphatic heterocycles. The molecule has 53 heavy (non-hydrogen) atoms. The molecule has 0 fully saturated rings. The summed E-state index contributed by atoms with van der Waals surface area (Å²) in [5.41, 5.74) is 8.19. The van der Waals surface area contributed by atoms with E-state index in [9.17, 15) is 0 Å². The second-order valence-electron chi connectivity index (χ2n) is 14.4. The van der Waals surface area contributed by atoms with Gasteiger partial charge in [-0.1, -0.05) is 159 Å². The van der Waals surface area contributed by atoms with Gasteiger partial charge in [0.25, 0.3) is 0 Å². The SMILES string of the molecule is CC12C=CC=CC1=C(N(c1ccccc1)c1cc3cc(N(c4ccccc4)c4cccc5ccccc45)c4ccccc4c3c3ccccc13)C=CC2. The predicted octanol–water partition coefficient (Wildman–Crippen LogP) is 14.3. The van der Waals surface area contributed by atoms with E-state index in [4.69, 9.17) is 0 Å². The van der Waals surface area contributed by atoms with Crippen molar-refractivity contribution in [3.05, 3.63) is 212 Å².